The van der Waals surface area contributed by atoms with E-state index in [9.17, 15) is 24.9 Å². The molecule has 1 unspecified atom stereocenters. The van der Waals surface area contributed by atoms with Crippen LogP contribution < -0.4 is 5.73 Å². The van der Waals surface area contributed by atoms with Gasteiger partial charge in [-0.15, -0.1) is 0 Å². The minimum Gasteiger partial charge on any atom is -0.456 e. The third-order valence-electron chi connectivity index (χ3n) is 3.43. The molecule has 1 aliphatic rings. The number of aliphatic hydroxyl groups excluding tert-OH is 4. The van der Waals surface area contributed by atoms with Crippen LogP contribution in [0.15, 0.2) is 23.5 Å². The van der Waals surface area contributed by atoms with Crippen molar-refractivity contribution in [1.82, 2.24) is 0 Å². The van der Waals surface area contributed by atoms with Crippen molar-refractivity contribution in [2.75, 3.05) is 6.61 Å². The molecule has 9 heteroatoms. The van der Waals surface area contributed by atoms with Crippen molar-refractivity contribution in [1.29, 1.82) is 0 Å². The summed E-state index contributed by atoms with van der Waals surface area (Å²) in [6.07, 6.45) is -4.01. The van der Waals surface area contributed by atoms with E-state index in [1.807, 2.05) is 0 Å². The maximum absolute atomic E-state index is 11.5. The molecule has 0 radical (unpaired) electrons. The van der Waals surface area contributed by atoms with E-state index in [0.29, 0.717) is 11.9 Å². The molecule has 0 aliphatic carbocycles. The van der Waals surface area contributed by atoms with Gasteiger partial charge < -0.3 is 40.4 Å². The summed E-state index contributed by atoms with van der Waals surface area (Å²) in [7, 11) is 0. The summed E-state index contributed by atoms with van der Waals surface area (Å²) in [4.78, 5) is 22.1. The van der Waals surface area contributed by atoms with Crippen LogP contribution in [0.3, 0.4) is 0 Å². The molecule has 1 saturated heterocycles. The van der Waals surface area contributed by atoms with E-state index in [-0.39, 0.29) is 11.7 Å². The molecule has 136 valence electrons. The van der Waals surface area contributed by atoms with E-state index in [1.54, 1.807) is 19.9 Å². The molecular weight excluding hydrogens is 322 g/mol. The van der Waals surface area contributed by atoms with Crippen molar-refractivity contribution < 1.29 is 39.5 Å². The predicted molar refractivity (Wildman–Crippen MR) is 81.1 cm³/mol. The van der Waals surface area contributed by atoms with Gasteiger partial charge in [-0.05, 0) is 13.0 Å². The summed E-state index contributed by atoms with van der Waals surface area (Å²) < 4.78 is 10.3. The van der Waals surface area contributed by atoms with Crippen molar-refractivity contribution in [2.45, 2.75) is 44.6 Å². The smallest absolute Gasteiger partial charge is 0.283 e. The number of carbonyl (C=O) groups is 2. The van der Waals surface area contributed by atoms with E-state index < -0.39 is 43.2 Å². The van der Waals surface area contributed by atoms with Crippen molar-refractivity contribution in [3.05, 3.63) is 23.5 Å². The molecule has 1 heterocycles. The first-order valence-electron chi connectivity index (χ1n) is 7.33. The van der Waals surface area contributed by atoms with Crippen LogP contribution in [0.5, 0.6) is 0 Å². The normalized spacial score (nSPS) is 33.0. The Kier molecular flexibility index (Phi) is 7.52. The molecule has 0 aromatic rings. The number of carbonyl (C=O) groups excluding carboxylic acids is 2. The lowest BCUT2D eigenvalue weighted by molar-refractivity contribution is -0.290. The summed E-state index contributed by atoms with van der Waals surface area (Å²) in [6, 6.07) is 0. The lowest BCUT2D eigenvalue weighted by atomic mass is 9.99. The molecule has 6 atom stereocenters. The van der Waals surface area contributed by atoms with E-state index >= 15 is 0 Å². The topological polar surface area (TPSA) is 160 Å². The second-order valence-corrected chi connectivity index (χ2v) is 5.59. The van der Waals surface area contributed by atoms with Crippen molar-refractivity contribution in [3.8, 4) is 0 Å². The SMILES string of the molecule is CC(=CC(C)C=O)C=C(O[C@@H]1O[C@H](CO)[C@@H](O)[C@H](O)[C@H]1O)C(N)=O. The predicted octanol–water partition coefficient (Wildman–Crippen LogP) is -2.05. The molecule has 24 heavy (non-hydrogen) atoms. The number of aldehydes is 1. The summed E-state index contributed by atoms with van der Waals surface area (Å²) in [6.45, 7) is 2.63. The summed E-state index contributed by atoms with van der Waals surface area (Å²) in [5.41, 5.74) is 5.72. The molecule has 0 aromatic carbocycles. The van der Waals surface area contributed by atoms with Crippen molar-refractivity contribution >= 4 is 12.2 Å². The third kappa shape index (κ3) is 5.11. The number of nitrogens with two attached hydrogens (primary N) is 1. The monoisotopic (exact) mass is 345 g/mol. The van der Waals surface area contributed by atoms with Gasteiger partial charge in [-0.2, -0.15) is 0 Å². The molecule has 0 aromatic heterocycles. The van der Waals surface area contributed by atoms with Gasteiger partial charge in [0.1, 0.15) is 30.7 Å². The summed E-state index contributed by atoms with van der Waals surface area (Å²) >= 11 is 0. The average molecular weight is 345 g/mol. The first kappa shape index (κ1) is 20.3. The summed E-state index contributed by atoms with van der Waals surface area (Å²) in [5.74, 6) is -1.72. The van der Waals surface area contributed by atoms with Crippen LogP contribution >= 0.6 is 0 Å². The number of ether oxygens (including phenoxy) is 2. The van der Waals surface area contributed by atoms with Gasteiger partial charge in [0, 0.05) is 5.92 Å². The number of aliphatic hydroxyl groups is 4. The molecule has 0 bridgehead atoms. The highest BCUT2D eigenvalue weighted by Gasteiger charge is 2.45. The summed E-state index contributed by atoms with van der Waals surface area (Å²) in [5, 5.41) is 38.4. The first-order valence-corrected chi connectivity index (χ1v) is 7.33. The Morgan fingerprint density at radius 3 is 2.42 bits per heavy atom. The molecule has 0 spiro atoms. The van der Waals surface area contributed by atoms with Crippen molar-refractivity contribution in [2.24, 2.45) is 11.7 Å². The molecular formula is C15H23NO8. The van der Waals surface area contributed by atoms with Gasteiger partial charge in [-0.1, -0.05) is 18.6 Å². The molecule has 6 N–H and O–H groups in total. The van der Waals surface area contributed by atoms with Gasteiger partial charge in [0.15, 0.2) is 5.76 Å². The minimum atomic E-state index is -1.66. The second-order valence-electron chi connectivity index (χ2n) is 5.59. The van der Waals surface area contributed by atoms with Gasteiger partial charge in [-0.3, -0.25) is 4.79 Å². The molecule has 9 nitrogen and oxygen atoms in total. The van der Waals surface area contributed by atoms with Gasteiger partial charge in [0.05, 0.1) is 6.61 Å². The Labute approximate surface area is 139 Å². The fourth-order valence-electron chi connectivity index (χ4n) is 2.16. The van der Waals surface area contributed by atoms with Gasteiger partial charge in [0.2, 0.25) is 6.29 Å². The van der Waals surface area contributed by atoms with Crippen LogP contribution in [-0.4, -0.2) is 69.9 Å². The van der Waals surface area contributed by atoms with Gasteiger partial charge in [0.25, 0.3) is 5.91 Å². The van der Waals surface area contributed by atoms with Crippen LogP contribution in [0.2, 0.25) is 0 Å². The number of rotatable bonds is 7. The molecule has 1 amide bonds. The fraction of sp³-hybridized carbons (Fsp3) is 0.600. The zero-order chi connectivity index (χ0) is 18.4. The lowest BCUT2D eigenvalue weighted by Gasteiger charge is -2.39. The quantitative estimate of drug-likeness (QED) is 0.153. The Morgan fingerprint density at radius 1 is 1.29 bits per heavy atom. The highest BCUT2D eigenvalue weighted by atomic mass is 16.7. The standard InChI is InChI=1S/C15H23NO8/c1-7(3-8(2)5-17)4-9(14(16)22)23-15-13(21)12(20)11(19)10(6-18)24-15/h3-5,8,10-13,15,18-21H,6H2,1-2H3,(H2,16,22)/t8?,10-,11-,12+,13-,15-/m1/s1. The largest absolute Gasteiger partial charge is 0.456 e. The van der Waals surface area contributed by atoms with Gasteiger partial charge >= 0.3 is 0 Å². The number of hydrogen-bond donors (Lipinski definition) is 5. The molecule has 1 rings (SSSR count). The number of hydrogen-bond acceptors (Lipinski definition) is 8. The molecule has 1 fully saturated rings. The molecule has 1 aliphatic heterocycles. The average Bonchev–Trinajstić information content (AvgIpc) is 2.53. The Balaban J connectivity index is 2.97. The van der Waals surface area contributed by atoms with E-state index in [0.717, 1.165) is 0 Å². The van der Waals surface area contributed by atoms with Gasteiger partial charge in [-0.25, -0.2) is 0 Å². The second kappa shape index (κ2) is 8.90. The van der Waals surface area contributed by atoms with E-state index in [4.69, 9.17) is 20.3 Å². The Bertz CT molecular complexity index is 516. The molecule has 0 saturated carbocycles. The fourth-order valence-corrected chi connectivity index (χ4v) is 2.16. The zero-order valence-corrected chi connectivity index (χ0v) is 13.4. The number of amides is 1. The minimum absolute atomic E-state index is 0.369. The van der Waals surface area contributed by atoms with E-state index in [1.165, 1.54) is 6.08 Å². The lowest BCUT2D eigenvalue weighted by Crippen LogP contribution is -2.59. The van der Waals surface area contributed by atoms with Crippen LogP contribution in [0.25, 0.3) is 0 Å². The van der Waals surface area contributed by atoms with Crippen molar-refractivity contribution in [3.63, 3.8) is 0 Å². The van der Waals surface area contributed by atoms with Crippen LogP contribution in [0.1, 0.15) is 13.8 Å². The zero-order valence-electron chi connectivity index (χ0n) is 13.4. The third-order valence-corrected chi connectivity index (χ3v) is 3.43. The maximum Gasteiger partial charge on any atom is 0.283 e. The van der Waals surface area contributed by atoms with Crippen LogP contribution in [-0.2, 0) is 19.1 Å². The Morgan fingerprint density at radius 2 is 1.92 bits per heavy atom. The van der Waals surface area contributed by atoms with Crippen LogP contribution in [0, 0.1) is 5.92 Å². The maximum atomic E-state index is 11.5. The highest BCUT2D eigenvalue weighted by molar-refractivity contribution is 5.90. The number of allylic oxidation sites excluding steroid dienone is 3. The highest BCUT2D eigenvalue weighted by Crippen LogP contribution is 2.24. The van der Waals surface area contributed by atoms with E-state index in [2.05, 4.69) is 0 Å². The number of primary amides is 1. The van der Waals surface area contributed by atoms with Crippen LogP contribution in [0.4, 0.5) is 0 Å². The Hall–Kier alpha value is -1.78. The first-order chi connectivity index (χ1) is 11.2.